The van der Waals surface area contributed by atoms with Crippen molar-refractivity contribution in [3.63, 3.8) is 0 Å². The molecule has 21 heavy (non-hydrogen) atoms. The van der Waals surface area contributed by atoms with Gasteiger partial charge in [-0.05, 0) is 38.0 Å². The van der Waals surface area contributed by atoms with Crippen LogP contribution in [0.2, 0.25) is 0 Å². The SMILES string of the molecule is CCNc1ncc([N+](=O)[O-])c(NC2CCC(C)CC2C)n1. The first kappa shape index (κ1) is 15.5. The van der Waals surface area contributed by atoms with Crippen LogP contribution in [-0.4, -0.2) is 27.5 Å². The molecule has 1 aromatic rings. The van der Waals surface area contributed by atoms with E-state index in [0.717, 1.165) is 25.2 Å². The minimum atomic E-state index is -0.436. The van der Waals surface area contributed by atoms with Crippen LogP contribution in [-0.2, 0) is 0 Å². The van der Waals surface area contributed by atoms with Gasteiger partial charge in [-0.15, -0.1) is 0 Å². The van der Waals surface area contributed by atoms with Gasteiger partial charge in [-0.1, -0.05) is 13.8 Å². The van der Waals surface area contributed by atoms with Crippen LogP contribution in [0.1, 0.15) is 40.0 Å². The van der Waals surface area contributed by atoms with Crippen molar-refractivity contribution < 1.29 is 4.92 Å². The summed E-state index contributed by atoms with van der Waals surface area (Å²) in [5.41, 5.74) is -0.0672. The number of anilines is 2. The molecule has 0 aromatic carbocycles. The van der Waals surface area contributed by atoms with Crippen LogP contribution in [0.5, 0.6) is 0 Å². The van der Waals surface area contributed by atoms with E-state index in [4.69, 9.17) is 0 Å². The molecule has 1 aromatic heterocycles. The second-order valence-electron chi connectivity index (χ2n) is 5.86. The third kappa shape index (κ3) is 3.80. The first-order valence-corrected chi connectivity index (χ1v) is 7.53. The Morgan fingerprint density at radius 3 is 2.81 bits per heavy atom. The molecule has 0 amide bonds. The first-order valence-electron chi connectivity index (χ1n) is 7.53. The molecule has 1 fully saturated rings. The fourth-order valence-electron chi connectivity index (χ4n) is 2.91. The fraction of sp³-hybridized carbons (Fsp3) is 0.714. The predicted octanol–water partition coefficient (Wildman–Crippen LogP) is 3.05. The van der Waals surface area contributed by atoms with Crippen LogP contribution in [0.4, 0.5) is 17.5 Å². The van der Waals surface area contributed by atoms with Gasteiger partial charge in [0.05, 0.1) is 4.92 Å². The highest BCUT2D eigenvalue weighted by atomic mass is 16.6. The average molecular weight is 293 g/mol. The largest absolute Gasteiger partial charge is 0.361 e. The zero-order chi connectivity index (χ0) is 15.4. The van der Waals surface area contributed by atoms with Gasteiger partial charge in [0.1, 0.15) is 6.20 Å². The van der Waals surface area contributed by atoms with Gasteiger partial charge in [-0.2, -0.15) is 4.98 Å². The summed E-state index contributed by atoms with van der Waals surface area (Å²) in [6.45, 7) is 7.05. The normalized spacial score (nSPS) is 25.4. The zero-order valence-corrected chi connectivity index (χ0v) is 12.8. The van der Waals surface area contributed by atoms with E-state index in [9.17, 15) is 10.1 Å². The Hall–Kier alpha value is -1.92. The second-order valence-corrected chi connectivity index (χ2v) is 5.86. The maximum Gasteiger partial charge on any atom is 0.329 e. The molecule has 3 atom stereocenters. The summed E-state index contributed by atoms with van der Waals surface area (Å²) >= 11 is 0. The van der Waals surface area contributed by atoms with Crippen molar-refractivity contribution in [2.75, 3.05) is 17.2 Å². The van der Waals surface area contributed by atoms with Crippen LogP contribution in [0.15, 0.2) is 6.20 Å². The van der Waals surface area contributed by atoms with E-state index < -0.39 is 4.92 Å². The molecule has 1 aliphatic carbocycles. The Morgan fingerprint density at radius 1 is 1.43 bits per heavy atom. The molecule has 0 aliphatic heterocycles. The number of nitrogens with one attached hydrogen (secondary N) is 2. The van der Waals surface area contributed by atoms with Gasteiger partial charge < -0.3 is 10.6 Å². The van der Waals surface area contributed by atoms with Crippen LogP contribution in [0, 0.1) is 22.0 Å². The lowest BCUT2D eigenvalue weighted by Gasteiger charge is -2.33. The van der Waals surface area contributed by atoms with Gasteiger partial charge in [-0.3, -0.25) is 10.1 Å². The summed E-state index contributed by atoms with van der Waals surface area (Å²) in [7, 11) is 0. The highest BCUT2D eigenvalue weighted by Gasteiger charge is 2.28. The highest BCUT2D eigenvalue weighted by Crippen LogP contribution is 2.32. The molecule has 116 valence electrons. The average Bonchev–Trinajstić information content (AvgIpc) is 2.42. The van der Waals surface area contributed by atoms with E-state index in [-0.39, 0.29) is 11.7 Å². The second kappa shape index (κ2) is 6.69. The van der Waals surface area contributed by atoms with E-state index >= 15 is 0 Å². The lowest BCUT2D eigenvalue weighted by Crippen LogP contribution is -2.33. The summed E-state index contributed by atoms with van der Waals surface area (Å²) in [6.07, 6.45) is 4.56. The van der Waals surface area contributed by atoms with Gasteiger partial charge in [0.2, 0.25) is 11.8 Å². The van der Waals surface area contributed by atoms with Crippen molar-refractivity contribution in [2.24, 2.45) is 11.8 Å². The maximum absolute atomic E-state index is 11.1. The van der Waals surface area contributed by atoms with Crippen LogP contribution in [0.25, 0.3) is 0 Å². The summed E-state index contributed by atoms with van der Waals surface area (Å²) in [5, 5.41) is 17.4. The summed E-state index contributed by atoms with van der Waals surface area (Å²) in [5.74, 6) is 1.93. The molecule has 7 heteroatoms. The zero-order valence-electron chi connectivity index (χ0n) is 12.8. The van der Waals surface area contributed by atoms with E-state index in [0.29, 0.717) is 24.2 Å². The minimum Gasteiger partial charge on any atom is -0.361 e. The molecule has 7 nitrogen and oxygen atoms in total. The summed E-state index contributed by atoms with van der Waals surface area (Å²) < 4.78 is 0. The first-order chi connectivity index (χ1) is 10.0. The molecule has 0 radical (unpaired) electrons. The molecular weight excluding hydrogens is 270 g/mol. The quantitative estimate of drug-likeness (QED) is 0.640. The van der Waals surface area contributed by atoms with E-state index in [1.54, 1.807) is 0 Å². The number of nitro groups is 1. The Balaban J connectivity index is 2.20. The third-order valence-electron chi connectivity index (χ3n) is 4.05. The predicted molar refractivity (Wildman–Crippen MR) is 82.4 cm³/mol. The maximum atomic E-state index is 11.1. The van der Waals surface area contributed by atoms with Crippen molar-refractivity contribution >= 4 is 17.5 Å². The van der Waals surface area contributed by atoms with Crippen LogP contribution >= 0.6 is 0 Å². The van der Waals surface area contributed by atoms with Crippen LogP contribution in [0.3, 0.4) is 0 Å². The summed E-state index contributed by atoms with van der Waals surface area (Å²) in [4.78, 5) is 18.9. The van der Waals surface area contributed by atoms with Crippen LogP contribution < -0.4 is 10.6 Å². The highest BCUT2D eigenvalue weighted by molar-refractivity contribution is 5.57. The van der Waals surface area contributed by atoms with Gasteiger partial charge in [-0.25, -0.2) is 4.98 Å². The Kier molecular flexibility index (Phi) is 4.93. The molecule has 3 unspecified atom stereocenters. The monoisotopic (exact) mass is 293 g/mol. The molecule has 1 heterocycles. The number of rotatable bonds is 5. The third-order valence-corrected chi connectivity index (χ3v) is 4.05. The molecule has 0 saturated heterocycles. The van der Waals surface area contributed by atoms with Gasteiger partial charge in [0.25, 0.3) is 0 Å². The topological polar surface area (TPSA) is 93.0 Å². The number of aromatic nitrogens is 2. The van der Waals surface area contributed by atoms with E-state index in [2.05, 4.69) is 34.4 Å². The fourth-order valence-corrected chi connectivity index (χ4v) is 2.91. The molecule has 0 bridgehead atoms. The molecule has 2 N–H and O–H groups in total. The lowest BCUT2D eigenvalue weighted by molar-refractivity contribution is -0.384. The number of hydrogen-bond acceptors (Lipinski definition) is 6. The Morgan fingerprint density at radius 2 is 2.19 bits per heavy atom. The van der Waals surface area contributed by atoms with Crippen molar-refractivity contribution in [1.82, 2.24) is 9.97 Å². The minimum absolute atomic E-state index is 0.0672. The van der Waals surface area contributed by atoms with Crippen molar-refractivity contribution in [1.29, 1.82) is 0 Å². The Labute approximate surface area is 124 Å². The van der Waals surface area contributed by atoms with Crippen molar-refractivity contribution in [3.8, 4) is 0 Å². The molecule has 0 spiro atoms. The smallest absolute Gasteiger partial charge is 0.329 e. The lowest BCUT2D eigenvalue weighted by atomic mass is 9.80. The summed E-state index contributed by atoms with van der Waals surface area (Å²) in [6, 6.07) is 0.226. The molecule has 2 rings (SSSR count). The van der Waals surface area contributed by atoms with Crippen molar-refractivity contribution in [2.45, 2.75) is 46.1 Å². The van der Waals surface area contributed by atoms with Crippen molar-refractivity contribution in [3.05, 3.63) is 16.3 Å². The van der Waals surface area contributed by atoms with Gasteiger partial charge in [0.15, 0.2) is 0 Å². The van der Waals surface area contributed by atoms with Gasteiger partial charge >= 0.3 is 5.69 Å². The van der Waals surface area contributed by atoms with Gasteiger partial charge in [0, 0.05) is 12.6 Å². The Bertz CT molecular complexity index is 508. The van der Waals surface area contributed by atoms with E-state index in [1.807, 2.05) is 6.92 Å². The standard InChI is InChI=1S/C14H23N5O2/c1-4-15-14-16-8-12(19(20)21)13(18-14)17-11-6-5-9(2)7-10(11)3/h8-11H,4-7H2,1-3H3,(H2,15,16,17,18). The molecular formula is C14H23N5O2. The molecule has 1 aliphatic rings. The van der Waals surface area contributed by atoms with E-state index in [1.165, 1.54) is 6.20 Å². The number of hydrogen-bond donors (Lipinski definition) is 2. The number of nitrogens with zero attached hydrogens (tertiary/aromatic N) is 3. The molecule has 1 saturated carbocycles.